The molecular formula is C15H22O2. The number of rotatable bonds is 3. The zero-order valence-corrected chi connectivity index (χ0v) is 10.6. The summed E-state index contributed by atoms with van der Waals surface area (Å²) in [6.07, 6.45) is 8.60. The number of carbonyl (C=O) groups is 1. The molecule has 2 aliphatic carbocycles. The van der Waals surface area contributed by atoms with Gasteiger partial charge in [-0.25, -0.2) is 0 Å². The van der Waals surface area contributed by atoms with Gasteiger partial charge in [-0.15, -0.1) is 0 Å². The Labute approximate surface area is 103 Å². The van der Waals surface area contributed by atoms with Crippen molar-refractivity contribution in [3.63, 3.8) is 0 Å². The van der Waals surface area contributed by atoms with E-state index in [1.807, 2.05) is 0 Å². The molecule has 0 radical (unpaired) electrons. The van der Waals surface area contributed by atoms with Gasteiger partial charge < -0.3 is 5.11 Å². The van der Waals surface area contributed by atoms with Crippen molar-refractivity contribution in [1.82, 2.24) is 0 Å². The lowest BCUT2D eigenvalue weighted by atomic mass is 9.57. The van der Waals surface area contributed by atoms with Gasteiger partial charge in [-0.1, -0.05) is 19.6 Å². The largest absolute Gasteiger partial charge is 0.392 e. The summed E-state index contributed by atoms with van der Waals surface area (Å²) in [6.45, 7) is 6.34. The summed E-state index contributed by atoms with van der Waals surface area (Å²) in [5.74, 6) is 0.760. The molecule has 0 bridgehead atoms. The third-order valence-corrected chi connectivity index (χ3v) is 4.84. The molecule has 94 valence electrons. The van der Waals surface area contributed by atoms with Gasteiger partial charge in [0, 0.05) is 0 Å². The van der Waals surface area contributed by atoms with Crippen LogP contribution in [0.2, 0.25) is 0 Å². The van der Waals surface area contributed by atoms with Crippen LogP contribution in [0.25, 0.3) is 0 Å². The highest BCUT2D eigenvalue weighted by Gasteiger charge is 2.43. The first kappa shape index (κ1) is 12.6. The molecule has 1 saturated carbocycles. The first-order valence-electron chi connectivity index (χ1n) is 6.54. The minimum absolute atomic E-state index is 0.0776. The van der Waals surface area contributed by atoms with Crippen molar-refractivity contribution in [2.75, 3.05) is 6.61 Å². The van der Waals surface area contributed by atoms with Gasteiger partial charge in [-0.3, -0.25) is 4.79 Å². The van der Waals surface area contributed by atoms with Gasteiger partial charge in [-0.05, 0) is 60.5 Å². The number of aliphatic hydroxyl groups is 1. The Morgan fingerprint density at radius 2 is 2.41 bits per heavy atom. The van der Waals surface area contributed by atoms with Crippen LogP contribution in [0.3, 0.4) is 0 Å². The maximum Gasteiger partial charge on any atom is 0.146 e. The minimum atomic E-state index is 0.0776. The van der Waals surface area contributed by atoms with E-state index in [1.165, 1.54) is 6.42 Å². The number of aliphatic hydroxyl groups excluding tert-OH is 1. The highest BCUT2D eigenvalue weighted by molar-refractivity contribution is 5.74. The van der Waals surface area contributed by atoms with Gasteiger partial charge in [0.25, 0.3) is 0 Å². The minimum Gasteiger partial charge on any atom is -0.392 e. The van der Waals surface area contributed by atoms with Gasteiger partial charge in [0.15, 0.2) is 0 Å². The molecule has 0 saturated heterocycles. The second kappa shape index (κ2) is 4.77. The van der Waals surface area contributed by atoms with Gasteiger partial charge in [-0.2, -0.15) is 0 Å². The summed E-state index contributed by atoms with van der Waals surface area (Å²) in [5, 5.41) is 9.19. The molecule has 3 unspecified atom stereocenters. The Morgan fingerprint density at radius 3 is 3.06 bits per heavy atom. The molecular weight excluding hydrogens is 212 g/mol. The summed E-state index contributed by atoms with van der Waals surface area (Å²) in [6, 6.07) is 0. The summed E-state index contributed by atoms with van der Waals surface area (Å²) in [7, 11) is 0. The van der Waals surface area contributed by atoms with Crippen LogP contribution in [-0.2, 0) is 4.79 Å². The van der Waals surface area contributed by atoms with E-state index in [-0.39, 0.29) is 12.0 Å². The van der Waals surface area contributed by atoms with Crippen LogP contribution in [0.15, 0.2) is 23.8 Å². The van der Waals surface area contributed by atoms with Crippen LogP contribution in [0.4, 0.5) is 0 Å². The average molecular weight is 234 g/mol. The maximum atomic E-state index is 11.2. The molecule has 0 aromatic rings. The first-order valence-corrected chi connectivity index (χ1v) is 6.54. The SMILES string of the molecule is C=C(CO)C1CCC2(C)CCC=C(C=O)C2C1. The van der Waals surface area contributed by atoms with Crippen molar-refractivity contribution < 1.29 is 9.90 Å². The molecule has 1 N–H and O–H groups in total. The quantitative estimate of drug-likeness (QED) is 0.602. The Bertz CT molecular complexity index is 356. The second-order valence-corrected chi connectivity index (χ2v) is 5.85. The normalized spacial score (nSPS) is 36.9. The summed E-state index contributed by atoms with van der Waals surface area (Å²) < 4.78 is 0. The van der Waals surface area contributed by atoms with Gasteiger partial charge in [0.1, 0.15) is 6.29 Å². The average Bonchev–Trinajstić information content (AvgIpc) is 2.35. The van der Waals surface area contributed by atoms with Crippen molar-refractivity contribution in [3.8, 4) is 0 Å². The van der Waals surface area contributed by atoms with E-state index in [0.717, 1.165) is 43.1 Å². The maximum absolute atomic E-state index is 11.2. The van der Waals surface area contributed by atoms with Crippen molar-refractivity contribution in [1.29, 1.82) is 0 Å². The molecule has 0 aromatic carbocycles. The molecule has 2 aliphatic rings. The van der Waals surface area contributed by atoms with E-state index in [2.05, 4.69) is 19.6 Å². The molecule has 2 heteroatoms. The molecule has 0 heterocycles. The van der Waals surface area contributed by atoms with Crippen LogP contribution < -0.4 is 0 Å². The molecule has 17 heavy (non-hydrogen) atoms. The van der Waals surface area contributed by atoms with E-state index in [4.69, 9.17) is 0 Å². The first-order chi connectivity index (χ1) is 8.10. The number of aldehydes is 1. The van der Waals surface area contributed by atoms with E-state index >= 15 is 0 Å². The van der Waals surface area contributed by atoms with Crippen LogP contribution in [0.1, 0.15) is 39.0 Å². The Morgan fingerprint density at radius 1 is 1.65 bits per heavy atom. The van der Waals surface area contributed by atoms with Crippen molar-refractivity contribution in [3.05, 3.63) is 23.8 Å². The van der Waals surface area contributed by atoms with Crippen LogP contribution in [0, 0.1) is 17.3 Å². The Kier molecular flexibility index (Phi) is 3.53. The molecule has 0 aliphatic heterocycles. The predicted octanol–water partition coefficient (Wildman–Crippen LogP) is 2.88. The van der Waals surface area contributed by atoms with E-state index < -0.39 is 0 Å². The molecule has 0 aromatic heterocycles. The summed E-state index contributed by atoms with van der Waals surface area (Å²) >= 11 is 0. The number of carbonyl (C=O) groups excluding carboxylic acids is 1. The number of hydrogen-bond acceptors (Lipinski definition) is 2. The zero-order valence-electron chi connectivity index (χ0n) is 10.6. The lowest BCUT2D eigenvalue weighted by Crippen LogP contribution is -2.38. The number of allylic oxidation sites excluding steroid dienone is 2. The third-order valence-electron chi connectivity index (χ3n) is 4.84. The van der Waals surface area contributed by atoms with Gasteiger partial charge in [0.05, 0.1) is 6.61 Å². The van der Waals surface area contributed by atoms with Gasteiger partial charge in [0.2, 0.25) is 0 Å². The lowest BCUT2D eigenvalue weighted by molar-refractivity contribution is -0.106. The molecule has 0 spiro atoms. The molecule has 1 fully saturated rings. The fraction of sp³-hybridized carbons (Fsp3) is 0.667. The highest BCUT2D eigenvalue weighted by Crippen LogP contribution is 2.52. The topological polar surface area (TPSA) is 37.3 Å². The second-order valence-electron chi connectivity index (χ2n) is 5.85. The predicted molar refractivity (Wildman–Crippen MR) is 68.5 cm³/mol. The van der Waals surface area contributed by atoms with E-state index in [0.29, 0.717) is 11.8 Å². The molecule has 3 atom stereocenters. The van der Waals surface area contributed by atoms with Crippen LogP contribution in [-0.4, -0.2) is 18.0 Å². The standard InChI is InChI=1S/C15H22O2/c1-11(9-16)12-5-7-15(2)6-3-4-13(10-17)14(15)8-12/h4,10,12,14,16H,1,3,5-9H2,2H3. The van der Waals surface area contributed by atoms with Crippen LogP contribution >= 0.6 is 0 Å². The van der Waals surface area contributed by atoms with Crippen molar-refractivity contribution in [2.45, 2.75) is 39.0 Å². The number of hydrogen-bond donors (Lipinski definition) is 1. The monoisotopic (exact) mass is 234 g/mol. The molecule has 2 rings (SSSR count). The van der Waals surface area contributed by atoms with Crippen LogP contribution in [0.5, 0.6) is 0 Å². The zero-order chi connectivity index (χ0) is 12.5. The smallest absolute Gasteiger partial charge is 0.146 e. The van der Waals surface area contributed by atoms with Crippen molar-refractivity contribution >= 4 is 6.29 Å². The lowest BCUT2D eigenvalue weighted by Gasteiger charge is -2.47. The van der Waals surface area contributed by atoms with Crippen molar-refractivity contribution in [2.24, 2.45) is 17.3 Å². The fourth-order valence-electron chi connectivity index (χ4n) is 3.54. The number of fused-ring (bicyclic) bond motifs is 1. The highest BCUT2D eigenvalue weighted by atomic mass is 16.3. The Hall–Kier alpha value is -0.890. The van der Waals surface area contributed by atoms with E-state index in [9.17, 15) is 9.90 Å². The Balaban J connectivity index is 2.20. The molecule has 0 amide bonds. The summed E-state index contributed by atoms with van der Waals surface area (Å²) in [4.78, 5) is 11.2. The van der Waals surface area contributed by atoms with E-state index in [1.54, 1.807) is 0 Å². The fourth-order valence-corrected chi connectivity index (χ4v) is 3.54. The summed E-state index contributed by atoms with van der Waals surface area (Å²) in [5.41, 5.74) is 2.20. The third kappa shape index (κ3) is 2.23. The van der Waals surface area contributed by atoms with Gasteiger partial charge >= 0.3 is 0 Å². The molecule has 2 nitrogen and oxygen atoms in total.